The first-order valence-corrected chi connectivity index (χ1v) is 13.5. The van der Waals surface area contributed by atoms with Crippen molar-refractivity contribution in [1.29, 1.82) is 0 Å². The first kappa shape index (κ1) is 25.1. The molecule has 37 heavy (non-hydrogen) atoms. The molecule has 5 rings (SSSR count). The fraction of sp³-hybridized carbons (Fsp3) is 0.231. The Morgan fingerprint density at radius 3 is 2.46 bits per heavy atom. The molecule has 1 fully saturated rings. The van der Waals surface area contributed by atoms with Crippen LogP contribution in [0.2, 0.25) is 5.02 Å². The molecule has 3 aromatic carbocycles. The number of halogens is 1. The highest BCUT2D eigenvalue weighted by Crippen LogP contribution is 2.28. The predicted molar refractivity (Wildman–Crippen MR) is 141 cm³/mol. The summed E-state index contributed by atoms with van der Waals surface area (Å²) in [4.78, 5) is 27.6. The summed E-state index contributed by atoms with van der Waals surface area (Å²) in [6.07, 6.45) is 0.752. The first-order chi connectivity index (χ1) is 17.8. The second-order valence-corrected chi connectivity index (χ2v) is 11.0. The van der Waals surface area contributed by atoms with Gasteiger partial charge in [-0.3, -0.25) is 9.36 Å². The molecule has 0 spiro atoms. The molecule has 9 nitrogen and oxygen atoms in total. The van der Waals surface area contributed by atoms with Crippen molar-refractivity contribution < 1.29 is 17.9 Å². The molecular weight excluding hydrogens is 516 g/mol. The minimum atomic E-state index is -4.33. The summed E-state index contributed by atoms with van der Waals surface area (Å²) < 4.78 is 34.5. The van der Waals surface area contributed by atoms with Gasteiger partial charge in [0.25, 0.3) is 10.0 Å². The van der Waals surface area contributed by atoms with Crippen LogP contribution in [-0.4, -0.2) is 49.1 Å². The lowest BCUT2D eigenvalue weighted by Gasteiger charge is -2.21. The maximum Gasteiger partial charge on any atom is 0.344 e. The quantitative estimate of drug-likeness (QED) is 0.373. The van der Waals surface area contributed by atoms with Gasteiger partial charge in [0.1, 0.15) is 11.8 Å². The summed E-state index contributed by atoms with van der Waals surface area (Å²) >= 11 is 6.29. The molecule has 4 aromatic rings. The highest BCUT2D eigenvalue weighted by molar-refractivity contribution is 7.90. The van der Waals surface area contributed by atoms with E-state index in [4.69, 9.17) is 16.3 Å². The summed E-state index contributed by atoms with van der Waals surface area (Å²) in [5.74, 6) is 0.0607. The largest absolute Gasteiger partial charge is 0.497 e. The van der Waals surface area contributed by atoms with E-state index in [0.717, 1.165) is 16.9 Å². The molecule has 11 heteroatoms. The number of imidazole rings is 1. The highest BCUT2D eigenvalue weighted by Gasteiger charge is 2.33. The van der Waals surface area contributed by atoms with Crippen LogP contribution in [-0.2, 0) is 14.8 Å². The number of fused-ring (bicyclic) bond motifs is 1. The lowest BCUT2D eigenvalue weighted by atomic mass is 10.0. The number of hydrogen-bond donors (Lipinski definition) is 2. The van der Waals surface area contributed by atoms with Gasteiger partial charge >= 0.3 is 5.69 Å². The van der Waals surface area contributed by atoms with E-state index in [1.807, 2.05) is 0 Å². The molecule has 1 aliphatic heterocycles. The van der Waals surface area contributed by atoms with Crippen molar-refractivity contribution in [2.45, 2.75) is 23.4 Å². The van der Waals surface area contributed by atoms with Gasteiger partial charge < -0.3 is 15.4 Å². The topological polar surface area (TPSA) is 111 Å². The molecule has 2 N–H and O–H groups in total. The van der Waals surface area contributed by atoms with E-state index in [1.165, 1.54) is 54.1 Å². The van der Waals surface area contributed by atoms with Gasteiger partial charge in [-0.1, -0.05) is 41.9 Å². The predicted octanol–water partition coefficient (Wildman–Crippen LogP) is 2.77. The maximum absolute atomic E-state index is 14.0. The standard InChI is InChI=1S/C26H25ClN4O5S/c1-36-20-8-10-21(11-9-20)37(34,35)31-22-12-7-18(27)15-23(22)30(26(31)33)24(17-5-3-2-4-6-17)25(32)29-19-13-14-28-16-19/h2-12,15,19,24,28H,13-14,16H2,1H3,(H,29,32)/t19?,24-/m1/s1. The monoisotopic (exact) mass is 540 g/mol. The summed E-state index contributed by atoms with van der Waals surface area (Å²) in [7, 11) is -2.86. The first-order valence-electron chi connectivity index (χ1n) is 11.7. The van der Waals surface area contributed by atoms with Crippen LogP contribution in [0.1, 0.15) is 18.0 Å². The number of methoxy groups -OCH3 is 1. The Bertz CT molecular complexity index is 1610. The average Bonchev–Trinajstić information content (AvgIpc) is 3.51. The van der Waals surface area contributed by atoms with E-state index >= 15 is 0 Å². The van der Waals surface area contributed by atoms with Crippen molar-refractivity contribution >= 4 is 38.6 Å². The van der Waals surface area contributed by atoms with Crippen LogP contribution in [0.5, 0.6) is 5.75 Å². The zero-order valence-corrected chi connectivity index (χ0v) is 21.5. The molecule has 1 aromatic heterocycles. The van der Waals surface area contributed by atoms with Crippen LogP contribution >= 0.6 is 11.6 Å². The molecule has 0 saturated carbocycles. The van der Waals surface area contributed by atoms with Crippen molar-refractivity contribution in [1.82, 2.24) is 19.2 Å². The van der Waals surface area contributed by atoms with Gasteiger partial charge in [0.2, 0.25) is 5.91 Å². The molecule has 2 heterocycles. The molecule has 192 valence electrons. The Hall–Kier alpha value is -3.60. The number of rotatable bonds is 7. The molecule has 2 atom stereocenters. The Morgan fingerprint density at radius 2 is 1.81 bits per heavy atom. The average molecular weight is 541 g/mol. The van der Waals surface area contributed by atoms with Gasteiger partial charge in [0, 0.05) is 17.6 Å². The van der Waals surface area contributed by atoms with E-state index < -0.39 is 27.7 Å². The SMILES string of the molecule is COc1ccc(S(=O)(=O)n2c(=O)n([C@@H](C(=O)NC3CCNC3)c3ccccc3)c3cc(Cl)ccc32)cc1. The molecule has 1 aliphatic rings. The van der Waals surface area contributed by atoms with Crippen LogP contribution < -0.4 is 21.1 Å². The van der Waals surface area contributed by atoms with Gasteiger partial charge in [-0.15, -0.1) is 0 Å². The van der Waals surface area contributed by atoms with E-state index in [9.17, 15) is 18.0 Å². The van der Waals surface area contributed by atoms with Gasteiger partial charge in [-0.2, -0.15) is 3.97 Å². The number of aromatic nitrogens is 2. The van der Waals surface area contributed by atoms with Crippen LogP contribution in [0.25, 0.3) is 11.0 Å². The van der Waals surface area contributed by atoms with Gasteiger partial charge in [-0.25, -0.2) is 13.2 Å². The molecule has 1 saturated heterocycles. The number of hydrogen-bond acceptors (Lipinski definition) is 6. The smallest absolute Gasteiger partial charge is 0.344 e. The lowest BCUT2D eigenvalue weighted by Crippen LogP contribution is -2.44. The number of nitrogens with one attached hydrogen (secondary N) is 2. The molecular formula is C26H25ClN4O5S. The fourth-order valence-electron chi connectivity index (χ4n) is 4.61. The zero-order valence-electron chi connectivity index (χ0n) is 19.9. The number of ether oxygens (including phenoxy) is 1. The molecule has 1 amide bonds. The maximum atomic E-state index is 14.0. The van der Waals surface area contributed by atoms with Crippen molar-refractivity contribution in [3.8, 4) is 5.75 Å². The van der Waals surface area contributed by atoms with Gasteiger partial charge in [0.15, 0.2) is 0 Å². The third-order valence-electron chi connectivity index (χ3n) is 6.42. The highest BCUT2D eigenvalue weighted by atomic mass is 35.5. The second kappa shape index (κ2) is 10.0. The molecule has 0 radical (unpaired) electrons. The third kappa shape index (κ3) is 4.63. The third-order valence-corrected chi connectivity index (χ3v) is 8.36. The van der Waals surface area contributed by atoms with Crippen LogP contribution in [0, 0.1) is 0 Å². The minimum Gasteiger partial charge on any atom is -0.497 e. The Balaban J connectivity index is 1.74. The van der Waals surface area contributed by atoms with Gasteiger partial charge in [0.05, 0.1) is 23.0 Å². The zero-order chi connectivity index (χ0) is 26.2. The second-order valence-electron chi connectivity index (χ2n) is 8.74. The van der Waals surface area contributed by atoms with E-state index in [2.05, 4.69) is 10.6 Å². The summed E-state index contributed by atoms with van der Waals surface area (Å²) in [6.45, 7) is 1.39. The Kier molecular flexibility index (Phi) is 6.80. The minimum absolute atomic E-state index is 0.0952. The fourth-order valence-corrected chi connectivity index (χ4v) is 6.18. The Labute approximate surface area is 218 Å². The van der Waals surface area contributed by atoms with E-state index in [0.29, 0.717) is 22.9 Å². The van der Waals surface area contributed by atoms with Crippen molar-refractivity contribution in [3.05, 3.63) is 93.9 Å². The number of benzene rings is 3. The van der Waals surface area contributed by atoms with Crippen LogP contribution in [0.15, 0.2) is 82.5 Å². The van der Waals surface area contributed by atoms with E-state index in [-0.39, 0.29) is 22.0 Å². The van der Waals surface area contributed by atoms with Crippen LogP contribution in [0.3, 0.4) is 0 Å². The number of carbonyl (C=O) groups is 1. The van der Waals surface area contributed by atoms with Crippen LogP contribution in [0.4, 0.5) is 0 Å². The van der Waals surface area contributed by atoms with Crippen molar-refractivity contribution in [3.63, 3.8) is 0 Å². The molecule has 0 bridgehead atoms. The number of carbonyl (C=O) groups excluding carboxylic acids is 1. The summed E-state index contributed by atoms with van der Waals surface area (Å²) in [5, 5.41) is 6.51. The molecule has 0 aliphatic carbocycles. The summed E-state index contributed by atoms with van der Waals surface area (Å²) in [6, 6.07) is 17.8. The Morgan fingerprint density at radius 1 is 1.08 bits per heavy atom. The normalized spacial score (nSPS) is 16.5. The lowest BCUT2D eigenvalue weighted by molar-refractivity contribution is -0.123. The number of nitrogens with zero attached hydrogens (tertiary/aromatic N) is 2. The van der Waals surface area contributed by atoms with Gasteiger partial charge in [-0.05, 0) is 61.0 Å². The summed E-state index contributed by atoms with van der Waals surface area (Å²) in [5.41, 5.74) is 0.000167. The van der Waals surface area contributed by atoms with E-state index in [1.54, 1.807) is 30.3 Å². The van der Waals surface area contributed by atoms with Crippen molar-refractivity contribution in [2.75, 3.05) is 20.2 Å². The van der Waals surface area contributed by atoms with Crippen molar-refractivity contribution in [2.24, 2.45) is 0 Å². The number of amides is 1. The molecule has 1 unspecified atom stereocenters.